The molecule has 1 aromatic heterocycles. The highest BCUT2D eigenvalue weighted by Crippen LogP contribution is 2.37. The van der Waals surface area contributed by atoms with E-state index in [0.29, 0.717) is 17.4 Å². The molecule has 2 fully saturated rings. The van der Waals surface area contributed by atoms with Crippen LogP contribution in [0.4, 0.5) is 23.7 Å². The molecule has 4 aromatic rings. The number of urea groups is 1. The minimum atomic E-state index is -4.25. The summed E-state index contributed by atoms with van der Waals surface area (Å²) in [6, 6.07) is 20.3. The van der Waals surface area contributed by atoms with E-state index in [1.54, 1.807) is 34.9 Å². The van der Waals surface area contributed by atoms with Crippen LogP contribution in [0.5, 0.6) is 0 Å². The fourth-order valence-corrected chi connectivity index (χ4v) is 7.68. The van der Waals surface area contributed by atoms with Crippen molar-refractivity contribution in [3.63, 3.8) is 0 Å². The van der Waals surface area contributed by atoms with Crippen LogP contribution in [0.2, 0.25) is 0 Å². The number of amidine groups is 1. The largest absolute Gasteiger partial charge is 0.393 e. The smallest absolute Gasteiger partial charge is 0.333 e. The number of halogens is 3. The lowest BCUT2D eigenvalue weighted by molar-refractivity contribution is -0.127. The van der Waals surface area contributed by atoms with E-state index in [0.717, 1.165) is 60.0 Å². The maximum atomic E-state index is 13.3. The zero-order valence-electron chi connectivity index (χ0n) is 26.8. The summed E-state index contributed by atoms with van der Waals surface area (Å²) in [5.41, 5.74) is 6.48. The van der Waals surface area contributed by atoms with E-state index in [-0.39, 0.29) is 23.6 Å². The molecule has 1 saturated carbocycles. The summed E-state index contributed by atoms with van der Waals surface area (Å²) in [5, 5.41) is 8.52. The highest BCUT2D eigenvalue weighted by atomic mass is 32.2. The zero-order valence-corrected chi connectivity index (χ0v) is 27.6. The van der Waals surface area contributed by atoms with Gasteiger partial charge >= 0.3 is 12.2 Å². The van der Waals surface area contributed by atoms with Crippen molar-refractivity contribution in [2.45, 2.75) is 76.9 Å². The molecule has 2 atom stereocenters. The van der Waals surface area contributed by atoms with Gasteiger partial charge < -0.3 is 10.2 Å². The molecule has 2 unspecified atom stereocenters. The van der Waals surface area contributed by atoms with E-state index in [9.17, 15) is 18.0 Å². The van der Waals surface area contributed by atoms with Crippen molar-refractivity contribution < 1.29 is 18.0 Å². The Kier molecular flexibility index (Phi) is 9.72. The number of thioether (sulfide) groups is 1. The maximum Gasteiger partial charge on any atom is 0.393 e. The number of alkyl halides is 3. The van der Waals surface area contributed by atoms with Gasteiger partial charge in [-0.1, -0.05) is 80.6 Å². The average molecular weight is 661 g/mol. The highest BCUT2D eigenvalue weighted by molar-refractivity contribution is 8.14. The maximum absolute atomic E-state index is 13.3. The molecule has 1 aliphatic carbocycles. The monoisotopic (exact) mass is 660 g/mol. The van der Waals surface area contributed by atoms with Crippen molar-refractivity contribution in [2.75, 3.05) is 17.2 Å². The standard InChI is InChI=1S/C36H39F3N6OS/c1-23(2)32-24(3)7-4-10-31(32)44-19-6-20-47-35(44)42-34(46)41-30-9-5-8-29(30)26-13-15-27(16-14-26)33-40-22-45(43-33)28-17-11-25(12-18-28)21-36(37,38)39/h4,7,10-18,22-23,29-30H,5-6,8-9,19-21H2,1-3H3,(H,41,46). The summed E-state index contributed by atoms with van der Waals surface area (Å²) in [6.45, 7) is 7.38. The third kappa shape index (κ3) is 7.72. The van der Waals surface area contributed by atoms with Gasteiger partial charge in [0.05, 0.1) is 12.1 Å². The normalized spacial score (nSPS) is 19.5. The number of benzene rings is 3. The van der Waals surface area contributed by atoms with E-state index < -0.39 is 12.6 Å². The van der Waals surface area contributed by atoms with Crippen LogP contribution < -0.4 is 10.2 Å². The number of aliphatic imine (C=N–C) groups is 1. The Hall–Kier alpha value is -4.12. The number of carbonyl (C=O) groups is 1. The van der Waals surface area contributed by atoms with Gasteiger partial charge in [-0.15, -0.1) is 5.10 Å². The molecule has 2 heterocycles. The van der Waals surface area contributed by atoms with E-state index in [1.165, 1.54) is 23.3 Å². The number of nitrogens with zero attached hydrogens (tertiary/aromatic N) is 5. The third-order valence-electron chi connectivity index (χ3n) is 8.87. The molecule has 1 N–H and O–H groups in total. The lowest BCUT2D eigenvalue weighted by Gasteiger charge is -2.32. The first-order valence-corrected chi connectivity index (χ1v) is 17.1. The third-order valence-corrected chi connectivity index (χ3v) is 9.94. The first-order chi connectivity index (χ1) is 22.6. The van der Waals surface area contributed by atoms with Crippen molar-refractivity contribution in [1.82, 2.24) is 20.1 Å². The molecule has 2 amide bonds. The Morgan fingerprint density at radius 1 is 1.04 bits per heavy atom. The van der Waals surface area contributed by atoms with E-state index in [1.807, 2.05) is 12.1 Å². The van der Waals surface area contributed by atoms with Gasteiger partial charge in [0.2, 0.25) is 0 Å². The predicted molar refractivity (Wildman–Crippen MR) is 183 cm³/mol. The van der Waals surface area contributed by atoms with Crippen LogP contribution in [0, 0.1) is 6.92 Å². The number of hydrogen-bond donors (Lipinski definition) is 1. The molecule has 11 heteroatoms. The highest BCUT2D eigenvalue weighted by Gasteiger charge is 2.31. The number of aromatic nitrogens is 3. The Labute approximate surface area is 277 Å². The van der Waals surface area contributed by atoms with Gasteiger partial charge in [0.15, 0.2) is 11.0 Å². The Balaban J connectivity index is 1.12. The van der Waals surface area contributed by atoms with Crippen LogP contribution in [-0.2, 0) is 6.42 Å². The van der Waals surface area contributed by atoms with Gasteiger partial charge in [-0.25, -0.2) is 14.5 Å². The van der Waals surface area contributed by atoms with Crippen LogP contribution in [0.25, 0.3) is 17.1 Å². The Bertz CT molecular complexity index is 1730. The lowest BCUT2D eigenvalue weighted by atomic mass is 9.93. The lowest BCUT2D eigenvalue weighted by Crippen LogP contribution is -2.39. The number of nitrogens with one attached hydrogen (secondary N) is 1. The number of anilines is 1. The van der Waals surface area contributed by atoms with Crippen molar-refractivity contribution in [3.05, 3.63) is 95.3 Å². The van der Waals surface area contributed by atoms with Crippen LogP contribution in [-0.4, -0.2) is 50.5 Å². The number of hydrogen-bond acceptors (Lipinski definition) is 4. The average Bonchev–Trinajstić information content (AvgIpc) is 3.71. The van der Waals surface area contributed by atoms with Gasteiger partial charge in [0.1, 0.15) is 6.33 Å². The molecule has 7 nitrogen and oxygen atoms in total. The Morgan fingerprint density at radius 2 is 1.81 bits per heavy atom. The topological polar surface area (TPSA) is 75.4 Å². The summed E-state index contributed by atoms with van der Waals surface area (Å²) >= 11 is 1.64. The van der Waals surface area contributed by atoms with Gasteiger partial charge in [0.25, 0.3) is 0 Å². The molecular weight excluding hydrogens is 621 g/mol. The molecule has 0 radical (unpaired) electrons. The summed E-state index contributed by atoms with van der Waals surface area (Å²) in [6.07, 6.45) is 0.258. The van der Waals surface area contributed by atoms with Crippen molar-refractivity contribution in [3.8, 4) is 17.1 Å². The van der Waals surface area contributed by atoms with Crippen LogP contribution in [0.1, 0.15) is 73.6 Å². The molecule has 0 bridgehead atoms. The first kappa shape index (κ1) is 32.8. The number of carbonyl (C=O) groups excluding carboxylic acids is 1. The van der Waals surface area contributed by atoms with Gasteiger partial charge in [-0.3, -0.25) is 0 Å². The number of aryl methyl sites for hydroxylation is 1. The minimum Gasteiger partial charge on any atom is -0.333 e. The van der Waals surface area contributed by atoms with Crippen LogP contribution in [0.3, 0.4) is 0 Å². The molecule has 3 aromatic carbocycles. The van der Waals surface area contributed by atoms with Crippen LogP contribution >= 0.6 is 11.8 Å². The molecule has 2 aliphatic rings. The molecule has 47 heavy (non-hydrogen) atoms. The summed E-state index contributed by atoms with van der Waals surface area (Å²) < 4.78 is 39.7. The quantitative estimate of drug-likeness (QED) is 0.215. The second kappa shape index (κ2) is 13.9. The molecular formula is C36H39F3N6OS. The summed E-state index contributed by atoms with van der Waals surface area (Å²) in [5.74, 6) is 1.99. The first-order valence-electron chi connectivity index (χ1n) is 16.1. The second-order valence-electron chi connectivity index (χ2n) is 12.6. The molecule has 0 spiro atoms. The molecule has 1 saturated heterocycles. The predicted octanol–water partition coefficient (Wildman–Crippen LogP) is 8.82. The van der Waals surface area contributed by atoms with E-state index in [4.69, 9.17) is 0 Å². The minimum absolute atomic E-state index is 0.0115. The van der Waals surface area contributed by atoms with E-state index >= 15 is 0 Å². The van der Waals surface area contributed by atoms with Gasteiger partial charge in [0, 0.05) is 35.5 Å². The molecule has 6 rings (SSSR count). The van der Waals surface area contributed by atoms with Crippen molar-refractivity contribution in [1.29, 1.82) is 0 Å². The summed E-state index contributed by atoms with van der Waals surface area (Å²) in [4.78, 5) is 24.6. The zero-order chi connectivity index (χ0) is 33.1. The van der Waals surface area contributed by atoms with Gasteiger partial charge in [-0.05, 0) is 72.6 Å². The SMILES string of the molecule is Cc1cccc(N2CCCSC2=NC(=O)NC2CCCC2c2ccc(-c3ncn(-c4ccc(CC(F)(F)F)cc4)n3)cc2)c1C(C)C. The fraction of sp³-hybridized carbons (Fsp3) is 0.389. The van der Waals surface area contributed by atoms with E-state index in [2.05, 4.69) is 76.4 Å². The second-order valence-corrected chi connectivity index (χ2v) is 13.7. The summed E-state index contributed by atoms with van der Waals surface area (Å²) in [7, 11) is 0. The van der Waals surface area contributed by atoms with Crippen molar-refractivity contribution in [2.24, 2.45) is 4.99 Å². The number of amides is 2. The fourth-order valence-electron chi connectivity index (χ4n) is 6.73. The Morgan fingerprint density at radius 3 is 2.53 bits per heavy atom. The van der Waals surface area contributed by atoms with Gasteiger partial charge in [-0.2, -0.15) is 18.2 Å². The number of rotatable bonds is 7. The molecule has 246 valence electrons. The van der Waals surface area contributed by atoms with Crippen LogP contribution in [0.15, 0.2) is 78.0 Å². The molecule has 1 aliphatic heterocycles. The van der Waals surface area contributed by atoms with Crippen molar-refractivity contribution >= 4 is 28.6 Å².